The molecule has 1 aromatic carbocycles. The van der Waals surface area contributed by atoms with Crippen molar-refractivity contribution >= 4 is 35.1 Å². The Morgan fingerprint density at radius 1 is 1.17 bits per heavy atom. The second-order valence-corrected chi connectivity index (χ2v) is 7.82. The van der Waals surface area contributed by atoms with Gasteiger partial charge in [0.25, 0.3) is 11.8 Å². The SMILES string of the molecule is CCC1N(C)C(=O)C2=C3CCN(Cc4ccc(F)c(Cl)c4)C(=O)C3C(=O)C(=O)N21. The summed E-state index contributed by atoms with van der Waals surface area (Å²) in [5.41, 5.74) is 1.20. The average molecular weight is 420 g/mol. The predicted molar refractivity (Wildman–Crippen MR) is 101 cm³/mol. The van der Waals surface area contributed by atoms with E-state index in [1.165, 1.54) is 32.9 Å². The Bertz CT molecular complexity index is 992. The van der Waals surface area contributed by atoms with Gasteiger partial charge < -0.3 is 9.80 Å². The molecular formula is C20H19ClFN3O4. The second-order valence-electron chi connectivity index (χ2n) is 7.41. The number of hydrogen-bond donors (Lipinski definition) is 0. The van der Waals surface area contributed by atoms with Crippen LogP contribution in [0.1, 0.15) is 25.3 Å². The number of hydrogen-bond acceptors (Lipinski definition) is 4. The van der Waals surface area contributed by atoms with Gasteiger partial charge in [-0.25, -0.2) is 4.39 Å². The highest BCUT2D eigenvalue weighted by molar-refractivity contribution is 6.43. The summed E-state index contributed by atoms with van der Waals surface area (Å²) < 4.78 is 13.4. The maximum atomic E-state index is 13.4. The van der Waals surface area contributed by atoms with Crippen LogP contribution in [0.15, 0.2) is 29.5 Å². The van der Waals surface area contributed by atoms with E-state index in [0.29, 0.717) is 24.0 Å². The number of amides is 3. The van der Waals surface area contributed by atoms with E-state index in [2.05, 4.69) is 0 Å². The highest BCUT2D eigenvalue weighted by atomic mass is 35.5. The van der Waals surface area contributed by atoms with E-state index < -0.39 is 35.5 Å². The van der Waals surface area contributed by atoms with Crippen LogP contribution in [0.2, 0.25) is 5.02 Å². The van der Waals surface area contributed by atoms with Crippen molar-refractivity contribution in [3.8, 4) is 0 Å². The summed E-state index contributed by atoms with van der Waals surface area (Å²) in [5, 5.41) is -0.0560. The molecule has 0 aromatic heterocycles. The van der Waals surface area contributed by atoms with Crippen LogP contribution < -0.4 is 0 Å². The molecule has 2 unspecified atom stereocenters. The first-order valence-electron chi connectivity index (χ1n) is 9.36. The molecule has 2 saturated heterocycles. The zero-order chi connectivity index (χ0) is 21.0. The smallest absolute Gasteiger partial charge is 0.297 e. The number of rotatable bonds is 3. The van der Waals surface area contributed by atoms with E-state index in [4.69, 9.17) is 11.6 Å². The van der Waals surface area contributed by atoms with E-state index in [-0.39, 0.29) is 29.7 Å². The molecule has 3 aliphatic rings. The molecule has 3 aliphatic heterocycles. The lowest BCUT2D eigenvalue weighted by Gasteiger charge is -2.38. The number of carbonyl (C=O) groups excluding carboxylic acids is 4. The second kappa shape index (κ2) is 6.95. The van der Waals surface area contributed by atoms with Crippen LogP contribution in [-0.4, -0.2) is 58.0 Å². The van der Waals surface area contributed by atoms with Gasteiger partial charge in [0, 0.05) is 20.1 Å². The molecule has 0 bridgehead atoms. The molecule has 29 heavy (non-hydrogen) atoms. The molecule has 0 N–H and O–H groups in total. The topological polar surface area (TPSA) is 78.0 Å². The summed E-state index contributed by atoms with van der Waals surface area (Å²) in [5.74, 6) is -4.33. The van der Waals surface area contributed by atoms with Gasteiger partial charge in [0.15, 0.2) is 0 Å². The van der Waals surface area contributed by atoms with Gasteiger partial charge in [-0.15, -0.1) is 0 Å². The number of Topliss-reactive ketones (excluding diaryl/α,β-unsaturated/α-hetero) is 1. The lowest BCUT2D eigenvalue weighted by molar-refractivity contribution is -0.153. The summed E-state index contributed by atoms with van der Waals surface area (Å²) in [6.07, 6.45) is 0.275. The lowest BCUT2D eigenvalue weighted by Crippen LogP contribution is -2.54. The van der Waals surface area contributed by atoms with E-state index >= 15 is 0 Å². The van der Waals surface area contributed by atoms with Crippen LogP contribution >= 0.6 is 11.6 Å². The number of halogens is 2. The monoisotopic (exact) mass is 419 g/mol. The van der Waals surface area contributed by atoms with E-state index in [1.54, 1.807) is 7.05 Å². The van der Waals surface area contributed by atoms with E-state index in [1.807, 2.05) is 6.92 Å². The number of ketones is 1. The standard InChI is InChI=1S/C20H19ClFN3O4/c1-3-14-23(2)19(28)16-11-6-7-24(9-10-4-5-13(22)12(21)8-10)18(27)15(11)17(26)20(29)25(14)16/h4-5,8,14-15H,3,6-7,9H2,1-2H3. The number of carbonyl (C=O) groups is 4. The summed E-state index contributed by atoms with van der Waals surface area (Å²) in [4.78, 5) is 55.5. The van der Waals surface area contributed by atoms with Crippen molar-refractivity contribution < 1.29 is 23.6 Å². The van der Waals surface area contributed by atoms with E-state index in [9.17, 15) is 23.6 Å². The third-order valence-electron chi connectivity index (χ3n) is 5.79. The molecule has 2 fully saturated rings. The van der Waals surface area contributed by atoms with E-state index in [0.717, 1.165) is 0 Å². The molecule has 0 aliphatic carbocycles. The summed E-state index contributed by atoms with van der Waals surface area (Å²) in [6.45, 7) is 2.24. The molecule has 0 radical (unpaired) electrons. The molecule has 4 rings (SSSR count). The van der Waals surface area contributed by atoms with Crippen LogP contribution in [0, 0.1) is 11.7 Å². The van der Waals surface area contributed by atoms with Crippen molar-refractivity contribution in [1.82, 2.24) is 14.7 Å². The van der Waals surface area contributed by atoms with Crippen LogP contribution in [0.4, 0.5) is 4.39 Å². The van der Waals surface area contributed by atoms with Crippen molar-refractivity contribution in [3.63, 3.8) is 0 Å². The number of fused-ring (bicyclic) bond motifs is 2. The first-order valence-corrected chi connectivity index (χ1v) is 9.74. The van der Waals surface area contributed by atoms with Crippen molar-refractivity contribution in [3.05, 3.63) is 45.9 Å². The normalized spacial score (nSPS) is 24.5. The first kappa shape index (κ1) is 19.6. The summed E-state index contributed by atoms with van der Waals surface area (Å²) in [7, 11) is 1.59. The first-order chi connectivity index (χ1) is 13.8. The molecule has 9 heteroatoms. The summed E-state index contributed by atoms with van der Waals surface area (Å²) in [6, 6.07) is 4.15. The molecule has 3 amide bonds. The molecule has 3 heterocycles. The molecule has 0 spiro atoms. The fourth-order valence-corrected chi connectivity index (χ4v) is 4.54. The van der Waals surface area contributed by atoms with Gasteiger partial charge >= 0.3 is 0 Å². The van der Waals surface area contributed by atoms with Crippen LogP contribution in [0.3, 0.4) is 0 Å². The zero-order valence-electron chi connectivity index (χ0n) is 15.9. The maximum Gasteiger partial charge on any atom is 0.297 e. The van der Waals surface area contributed by atoms with Gasteiger partial charge in [-0.05, 0) is 36.1 Å². The number of piperidine rings is 1. The van der Waals surface area contributed by atoms with Gasteiger partial charge in [-0.1, -0.05) is 24.6 Å². The van der Waals surface area contributed by atoms with Crippen molar-refractivity contribution in [2.75, 3.05) is 13.6 Å². The number of likely N-dealkylation sites (tertiary alicyclic amines) is 1. The number of likely N-dealkylation sites (N-methyl/N-ethyl adjacent to an activating group) is 1. The Morgan fingerprint density at radius 3 is 2.55 bits per heavy atom. The van der Waals surface area contributed by atoms with Crippen LogP contribution in [-0.2, 0) is 25.7 Å². The largest absolute Gasteiger partial charge is 0.337 e. The van der Waals surface area contributed by atoms with Crippen molar-refractivity contribution in [2.45, 2.75) is 32.5 Å². The highest BCUT2D eigenvalue weighted by Crippen LogP contribution is 2.40. The third-order valence-corrected chi connectivity index (χ3v) is 6.08. The van der Waals surface area contributed by atoms with Gasteiger partial charge in [0.2, 0.25) is 11.7 Å². The quantitative estimate of drug-likeness (QED) is 0.552. The van der Waals surface area contributed by atoms with Crippen molar-refractivity contribution in [2.24, 2.45) is 5.92 Å². The zero-order valence-corrected chi connectivity index (χ0v) is 16.7. The molecule has 0 saturated carbocycles. The van der Waals surface area contributed by atoms with Gasteiger partial charge in [-0.2, -0.15) is 0 Å². The lowest BCUT2D eigenvalue weighted by atomic mass is 9.82. The minimum Gasteiger partial charge on any atom is -0.337 e. The van der Waals surface area contributed by atoms with Crippen molar-refractivity contribution in [1.29, 1.82) is 0 Å². The molecule has 2 atom stereocenters. The Labute approximate surface area is 171 Å². The average Bonchev–Trinajstić information content (AvgIpc) is 2.95. The van der Waals surface area contributed by atoms with Gasteiger partial charge in [0.05, 0.1) is 5.02 Å². The highest BCUT2D eigenvalue weighted by Gasteiger charge is 2.55. The molecular weight excluding hydrogens is 401 g/mol. The fourth-order valence-electron chi connectivity index (χ4n) is 4.34. The minimum absolute atomic E-state index is 0.0560. The van der Waals surface area contributed by atoms with Gasteiger partial charge in [-0.3, -0.25) is 24.1 Å². The van der Waals surface area contributed by atoms with Crippen LogP contribution in [0.25, 0.3) is 0 Å². The predicted octanol–water partition coefficient (Wildman–Crippen LogP) is 1.70. The number of nitrogens with zero attached hydrogens (tertiary/aromatic N) is 3. The fraction of sp³-hybridized carbons (Fsp3) is 0.400. The summed E-state index contributed by atoms with van der Waals surface area (Å²) >= 11 is 5.81. The Kier molecular flexibility index (Phi) is 4.69. The third kappa shape index (κ3) is 2.85. The van der Waals surface area contributed by atoms with Gasteiger partial charge in [0.1, 0.15) is 23.6 Å². The minimum atomic E-state index is -1.27. The Hall–Kier alpha value is -2.74. The maximum absolute atomic E-state index is 13.4. The Morgan fingerprint density at radius 2 is 1.90 bits per heavy atom. The number of benzene rings is 1. The Balaban J connectivity index is 1.68. The molecule has 1 aromatic rings. The molecule has 7 nitrogen and oxygen atoms in total. The van der Waals surface area contributed by atoms with Crippen LogP contribution in [0.5, 0.6) is 0 Å². The molecule has 152 valence electrons.